The lowest BCUT2D eigenvalue weighted by atomic mass is 10.3. The number of aromatic nitrogens is 4. The molecular formula is C26H21N5O3S. The SMILES string of the molecule is O=C(CSc1nnc(-c2ccccn2)n1Cc1ccco1)Nc1ccc(Oc2ccccc2)cc1. The van der Waals surface area contributed by atoms with Crippen molar-refractivity contribution in [2.45, 2.75) is 11.7 Å². The molecule has 0 aliphatic rings. The first-order valence-corrected chi connectivity index (χ1v) is 11.9. The van der Waals surface area contributed by atoms with Crippen LogP contribution >= 0.6 is 11.8 Å². The summed E-state index contributed by atoms with van der Waals surface area (Å²) in [5.74, 6) is 2.82. The summed E-state index contributed by atoms with van der Waals surface area (Å²) < 4.78 is 13.2. The van der Waals surface area contributed by atoms with Gasteiger partial charge in [0.15, 0.2) is 11.0 Å². The molecule has 5 rings (SSSR count). The molecule has 9 heteroatoms. The zero-order chi connectivity index (χ0) is 23.9. The second kappa shape index (κ2) is 10.7. The number of nitrogens with zero attached hydrogens (tertiary/aromatic N) is 4. The van der Waals surface area contributed by atoms with Gasteiger partial charge in [0.2, 0.25) is 5.91 Å². The van der Waals surface area contributed by atoms with Crippen molar-refractivity contribution in [3.63, 3.8) is 0 Å². The minimum Gasteiger partial charge on any atom is -0.467 e. The van der Waals surface area contributed by atoms with E-state index in [-0.39, 0.29) is 11.7 Å². The van der Waals surface area contributed by atoms with Crippen LogP contribution in [-0.2, 0) is 11.3 Å². The number of hydrogen-bond acceptors (Lipinski definition) is 7. The van der Waals surface area contributed by atoms with Gasteiger partial charge < -0.3 is 14.5 Å². The Morgan fingerprint density at radius 1 is 0.914 bits per heavy atom. The third-order valence-corrected chi connectivity index (χ3v) is 5.92. The fourth-order valence-corrected chi connectivity index (χ4v) is 4.08. The van der Waals surface area contributed by atoms with E-state index >= 15 is 0 Å². The summed E-state index contributed by atoms with van der Waals surface area (Å²) in [5.41, 5.74) is 1.38. The zero-order valence-electron chi connectivity index (χ0n) is 18.6. The van der Waals surface area contributed by atoms with Crippen molar-refractivity contribution in [1.29, 1.82) is 0 Å². The summed E-state index contributed by atoms with van der Waals surface area (Å²) >= 11 is 1.30. The molecule has 0 aliphatic carbocycles. The summed E-state index contributed by atoms with van der Waals surface area (Å²) in [7, 11) is 0. The molecule has 0 saturated heterocycles. The fourth-order valence-electron chi connectivity index (χ4n) is 3.34. The van der Waals surface area contributed by atoms with Crippen LogP contribution in [0.1, 0.15) is 5.76 Å². The molecule has 35 heavy (non-hydrogen) atoms. The number of carbonyl (C=O) groups is 1. The minimum atomic E-state index is -0.154. The molecule has 0 aliphatic heterocycles. The first-order valence-electron chi connectivity index (χ1n) is 10.9. The van der Waals surface area contributed by atoms with Gasteiger partial charge in [-0.2, -0.15) is 0 Å². The number of para-hydroxylation sites is 1. The molecule has 0 spiro atoms. The van der Waals surface area contributed by atoms with E-state index in [4.69, 9.17) is 9.15 Å². The number of nitrogens with one attached hydrogen (secondary N) is 1. The molecule has 0 atom stereocenters. The first kappa shape index (κ1) is 22.4. The molecule has 0 fully saturated rings. The Bertz CT molecular complexity index is 1370. The Hall–Kier alpha value is -4.37. The van der Waals surface area contributed by atoms with Gasteiger partial charge in [-0.3, -0.25) is 14.3 Å². The van der Waals surface area contributed by atoms with Crippen LogP contribution < -0.4 is 10.1 Å². The molecular weight excluding hydrogens is 462 g/mol. The second-order valence-electron chi connectivity index (χ2n) is 7.46. The number of furan rings is 1. The third kappa shape index (κ3) is 5.77. The molecule has 0 radical (unpaired) electrons. The van der Waals surface area contributed by atoms with Crippen LogP contribution in [0, 0.1) is 0 Å². The van der Waals surface area contributed by atoms with E-state index in [1.54, 1.807) is 24.6 Å². The van der Waals surface area contributed by atoms with Crippen LogP contribution in [0.2, 0.25) is 0 Å². The number of ether oxygens (including phenoxy) is 1. The minimum absolute atomic E-state index is 0.154. The molecule has 0 bridgehead atoms. The molecule has 174 valence electrons. The molecule has 8 nitrogen and oxygen atoms in total. The number of pyridine rings is 1. The van der Waals surface area contributed by atoms with Gasteiger partial charge in [-0.15, -0.1) is 10.2 Å². The highest BCUT2D eigenvalue weighted by molar-refractivity contribution is 7.99. The Kier molecular flexibility index (Phi) is 6.86. The number of benzene rings is 2. The van der Waals surface area contributed by atoms with E-state index in [9.17, 15) is 4.79 Å². The van der Waals surface area contributed by atoms with E-state index in [0.717, 1.165) is 11.5 Å². The standard InChI is InChI=1S/C26H21N5O3S/c32-24(28-19-11-13-21(14-12-19)34-20-7-2-1-3-8-20)18-35-26-30-29-25(23-10-4-5-15-27-23)31(26)17-22-9-6-16-33-22/h1-16H,17-18H2,(H,28,32). The number of anilines is 1. The van der Waals surface area contributed by atoms with Crippen LogP contribution in [0.3, 0.4) is 0 Å². The molecule has 1 N–H and O–H groups in total. The lowest BCUT2D eigenvalue weighted by Gasteiger charge is -2.09. The zero-order valence-corrected chi connectivity index (χ0v) is 19.4. The van der Waals surface area contributed by atoms with Crippen molar-refractivity contribution in [2.75, 3.05) is 11.1 Å². The molecule has 0 saturated carbocycles. The van der Waals surface area contributed by atoms with Crippen molar-refractivity contribution in [1.82, 2.24) is 19.7 Å². The van der Waals surface area contributed by atoms with Crippen LogP contribution in [0.5, 0.6) is 11.5 Å². The monoisotopic (exact) mass is 483 g/mol. The Morgan fingerprint density at radius 2 is 1.71 bits per heavy atom. The van der Waals surface area contributed by atoms with Gasteiger partial charge in [-0.25, -0.2) is 0 Å². The van der Waals surface area contributed by atoms with Crippen LogP contribution in [0.15, 0.2) is 107 Å². The Morgan fingerprint density at radius 3 is 2.46 bits per heavy atom. The summed E-state index contributed by atoms with van der Waals surface area (Å²) in [6.45, 7) is 0.429. The number of amides is 1. The predicted molar refractivity (Wildman–Crippen MR) is 133 cm³/mol. The molecule has 3 aromatic heterocycles. The summed E-state index contributed by atoms with van der Waals surface area (Å²) in [6.07, 6.45) is 3.33. The highest BCUT2D eigenvalue weighted by Gasteiger charge is 2.17. The Labute approximate surface area is 206 Å². The first-order chi connectivity index (χ1) is 17.2. The average Bonchev–Trinajstić information content (AvgIpc) is 3.56. The largest absolute Gasteiger partial charge is 0.467 e. The number of rotatable bonds is 9. The van der Waals surface area contributed by atoms with Crippen LogP contribution in [0.25, 0.3) is 11.5 Å². The van der Waals surface area contributed by atoms with E-state index in [2.05, 4.69) is 20.5 Å². The molecule has 5 aromatic rings. The van der Waals surface area contributed by atoms with Gasteiger partial charge >= 0.3 is 0 Å². The average molecular weight is 484 g/mol. The highest BCUT2D eigenvalue weighted by Crippen LogP contribution is 2.25. The van der Waals surface area contributed by atoms with Gasteiger partial charge in [-0.1, -0.05) is 36.0 Å². The van der Waals surface area contributed by atoms with Crippen molar-refractivity contribution in [3.8, 4) is 23.0 Å². The molecule has 0 unspecified atom stereocenters. The predicted octanol–water partition coefficient (Wildman–Crippen LogP) is 5.50. The van der Waals surface area contributed by atoms with E-state index in [1.165, 1.54) is 11.8 Å². The van der Waals surface area contributed by atoms with Gasteiger partial charge in [0.05, 0.1) is 18.6 Å². The summed E-state index contributed by atoms with van der Waals surface area (Å²) in [5, 5.41) is 12.1. The molecule has 2 aromatic carbocycles. The number of carbonyl (C=O) groups excluding carboxylic acids is 1. The summed E-state index contributed by atoms with van der Waals surface area (Å²) in [4.78, 5) is 17.0. The van der Waals surface area contributed by atoms with Crippen molar-refractivity contribution in [2.24, 2.45) is 0 Å². The smallest absolute Gasteiger partial charge is 0.234 e. The number of thioether (sulfide) groups is 1. The van der Waals surface area contributed by atoms with Crippen molar-refractivity contribution < 1.29 is 13.9 Å². The maximum absolute atomic E-state index is 12.6. The summed E-state index contributed by atoms with van der Waals surface area (Å²) in [6, 6.07) is 26.1. The number of hydrogen-bond donors (Lipinski definition) is 1. The van der Waals surface area contributed by atoms with Gasteiger partial charge in [-0.05, 0) is 60.7 Å². The van der Waals surface area contributed by atoms with Crippen LogP contribution in [-0.4, -0.2) is 31.4 Å². The van der Waals surface area contributed by atoms with E-state index in [0.29, 0.717) is 34.7 Å². The highest BCUT2D eigenvalue weighted by atomic mass is 32.2. The lowest BCUT2D eigenvalue weighted by molar-refractivity contribution is -0.113. The van der Waals surface area contributed by atoms with E-state index in [1.807, 2.05) is 77.4 Å². The topological polar surface area (TPSA) is 95.1 Å². The quantitative estimate of drug-likeness (QED) is 0.276. The molecule has 1 amide bonds. The molecule has 3 heterocycles. The van der Waals surface area contributed by atoms with Gasteiger partial charge in [0, 0.05) is 11.9 Å². The second-order valence-corrected chi connectivity index (χ2v) is 8.41. The van der Waals surface area contributed by atoms with Crippen LogP contribution in [0.4, 0.5) is 5.69 Å². The fraction of sp³-hybridized carbons (Fsp3) is 0.0769. The van der Waals surface area contributed by atoms with E-state index < -0.39 is 0 Å². The normalized spacial score (nSPS) is 10.7. The maximum atomic E-state index is 12.6. The van der Waals surface area contributed by atoms with Gasteiger partial charge in [0.25, 0.3) is 0 Å². The third-order valence-electron chi connectivity index (χ3n) is 4.95. The maximum Gasteiger partial charge on any atom is 0.234 e. The Balaban J connectivity index is 1.23. The van der Waals surface area contributed by atoms with Gasteiger partial charge in [0.1, 0.15) is 23.0 Å². The van der Waals surface area contributed by atoms with Crippen molar-refractivity contribution >= 4 is 23.4 Å². The van der Waals surface area contributed by atoms with Crippen molar-refractivity contribution in [3.05, 3.63) is 103 Å². The lowest BCUT2D eigenvalue weighted by Crippen LogP contribution is -2.14.